The molecule has 142 valence electrons. The Hall–Kier alpha value is -3.85. The Balaban J connectivity index is 1.59. The van der Waals surface area contributed by atoms with Gasteiger partial charge in [0.1, 0.15) is 17.7 Å². The lowest BCUT2D eigenvalue weighted by Gasteiger charge is -2.40. The molecule has 1 aliphatic heterocycles. The van der Waals surface area contributed by atoms with Crippen molar-refractivity contribution in [2.75, 3.05) is 18.0 Å². The summed E-state index contributed by atoms with van der Waals surface area (Å²) in [6, 6.07) is 10.3. The zero-order chi connectivity index (χ0) is 20.4. The van der Waals surface area contributed by atoms with Gasteiger partial charge in [-0.25, -0.2) is 9.37 Å². The quantitative estimate of drug-likeness (QED) is 0.652. The molecule has 2 aromatic heterocycles. The number of halogens is 1. The molecule has 0 atom stereocenters. The Labute approximate surface area is 168 Å². The summed E-state index contributed by atoms with van der Waals surface area (Å²) in [6.45, 7) is 9.10. The summed E-state index contributed by atoms with van der Waals surface area (Å²) in [5, 5.41) is 9.11. The Kier molecular flexibility index (Phi) is 4.88. The first kappa shape index (κ1) is 18.5. The Morgan fingerprint density at radius 1 is 1.10 bits per heavy atom. The minimum Gasteiger partial charge on any atom is -0.355 e. The van der Waals surface area contributed by atoms with E-state index in [2.05, 4.69) is 33.0 Å². The van der Waals surface area contributed by atoms with Gasteiger partial charge < -0.3 is 4.90 Å². The maximum absolute atomic E-state index is 13.7. The fraction of sp³-hybridized carbons (Fsp3) is 0.130. The SMILES string of the molecule is C=Cc1ccc(N2CC(c3nccnc3-c3ccc(F)c(C#N)c3)C2)nc1C=C. The number of benzene rings is 1. The minimum atomic E-state index is -0.538. The molecule has 1 aromatic carbocycles. The summed E-state index contributed by atoms with van der Waals surface area (Å²) in [5.41, 5.74) is 3.95. The van der Waals surface area contributed by atoms with E-state index >= 15 is 0 Å². The van der Waals surface area contributed by atoms with Gasteiger partial charge in [-0.3, -0.25) is 9.97 Å². The normalized spacial score (nSPS) is 13.4. The van der Waals surface area contributed by atoms with Crippen LogP contribution in [0, 0.1) is 17.1 Å². The highest BCUT2D eigenvalue weighted by molar-refractivity contribution is 5.66. The number of pyridine rings is 1. The van der Waals surface area contributed by atoms with Crippen molar-refractivity contribution in [3.8, 4) is 17.3 Å². The van der Waals surface area contributed by atoms with Crippen molar-refractivity contribution in [1.29, 1.82) is 5.26 Å². The number of aromatic nitrogens is 3. The topological polar surface area (TPSA) is 65.7 Å². The molecule has 3 aromatic rings. The number of nitrogens with zero attached hydrogens (tertiary/aromatic N) is 5. The fourth-order valence-electron chi connectivity index (χ4n) is 3.45. The number of rotatable bonds is 5. The van der Waals surface area contributed by atoms with E-state index in [1.807, 2.05) is 18.2 Å². The summed E-state index contributed by atoms with van der Waals surface area (Å²) in [5.74, 6) is 0.506. The van der Waals surface area contributed by atoms with Gasteiger partial charge >= 0.3 is 0 Å². The van der Waals surface area contributed by atoms with Crippen molar-refractivity contribution in [1.82, 2.24) is 15.0 Å². The van der Waals surface area contributed by atoms with Crippen LogP contribution in [0.25, 0.3) is 23.4 Å². The van der Waals surface area contributed by atoms with Crippen LogP contribution in [0.4, 0.5) is 10.2 Å². The molecule has 0 amide bonds. The van der Waals surface area contributed by atoms with Gasteiger partial charge in [-0.05, 0) is 42.0 Å². The van der Waals surface area contributed by atoms with Gasteiger partial charge in [0.05, 0.1) is 22.6 Å². The highest BCUT2D eigenvalue weighted by atomic mass is 19.1. The van der Waals surface area contributed by atoms with Crippen LogP contribution in [-0.4, -0.2) is 28.0 Å². The second-order valence-corrected chi connectivity index (χ2v) is 6.75. The van der Waals surface area contributed by atoms with Crippen LogP contribution in [0.15, 0.2) is 55.9 Å². The predicted molar refractivity (Wildman–Crippen MR) is 112 cm³/mol. The van der Waals surface area contributed by atoms with Gasteiger partial charge in [0.25, 0.3) is 0 Å². The van der Waals surface area contributed by atoms with Gasteiger partial charge in [0.15, 0.2) is 0 Å². The lowest BCUT2D eigenvalue weighted by molar-refractivity contribution is 0.508. The second kappa shape index (κ2) is 7.64. The highest BCUT2D eigenvalue weighted by Gasteiger charge is 2.32. The van der Waals surface area contributed by atoms with Crippen LogP contribution in [0.5, 0.6) is 0 Å². The molecule has 0 radical (unpaired) electrons. The number of hydrogen-bond donors (Lipinski definition) is 0. The lowest BCUT2D eigenvalue weighted by Crippen LogP contribution is -2.46. The van der Waals surface area contributed by atoms with Crippen molar-refractivity contribution >= 4 is 18.0 Å². The minimum absolute atomic E-state index is 0.00204. The largest absolute Gasteiger partial charge is 0.355 e. The maximum Gasteiger partial charge on any atom is 0.140 e. The first-order valence-electron chi connectivity index (χ1n) is 9.16. The predicted octanol–water partition coefficient (Wildman–Crippen LogP) is 4.44. The molecule has 1 fully saturated rings. The molecule has 0 N–H and O–H groups in total. The molecule has 0 bridgehead atoms. The summed E-state index contributed by atoms with van der Waals surface area (Å²) in [7, 11) is 0. The molecule has 0 saturated carbocycles. The van der Waals surface area contributed by atoms with Crippen molar-refractivity contribution in [2.45, 2.75) is 5.92 Å². The van der Waals surface area contributed by atoms with E-state index in [4.69, 9.17) is 5.26 Å². The van der Waals surface area contributed by atoms with Gasteiger partial charge in [-0.1, -0.05) is 19.2 Å². The molecule has 5 nitrogen and oxygen atoms in total. The number of hydrogen-bond acceptors (Lipinski definition) is 5. The molecular weight excluding hydrogens is 365 g/mol. The van der Waals surface area contributed by atoms with E-state index in [1.54, 1.807) is 30.6 Å². The molecule has 1 saturated heterocycles. The van der Waals surface area contributed by atoms with Crippen molar-refractivity contribution < 1.29 is 4.39 Å². The van der Waals surface area contributed by atoms with Crippen LogP contribution in [0.1, 0.15) is 28.4 Å². The van der Waals surface area contributed by atoms with E-state index < -0.39 is 5.82 Å². The molecule has 1 aliphatic rings. The molecule has 6 heteroatoms. The monoisotopic (exact) mass is 383 g/mol. The maximum atomic E-state index is 13.7. The average Bonchev–Trinajstić information content (AvgIpc) is 2.73. The van der Waals surface area contributed by atoms with Crippen LogP contribution < -0.4 is 4.90 Å². The molecule has 0 aliphatic carbocycles. The van der Waals surface area contributed by atoms with Crippen molar-refractivity contribution in [3.05, 3.63) is 84.2 Å². The number of anilines is 1. The van der Waals surface area contributed by atoms with E-state index in [9.17, 15) is 4.39 Å². The molecule has 29 heavy (non-hydrogen) atoms. The van der Waals surface area contributed by atoms with Crippen LogP contribution in [0.3, 0.4) is 0 Å². The molecular formula is C23H18FN5. The smallest absolute Gasteiger partial charge is 0.140 e. The van der Waals surface area contributed by atoms with E-state index in [1.165, 1.54) is 12.1 Å². The zero-order valence-corrected chi connectivity index (χ0v) is 15.7. The first-order chi connectivity index (χ1) is 14.1. The Bertz CT molecular complexity index is 1140. The summed E-state index contributed by atoms with van der Waals surface area (Å²) in [6.07, 6.45) is 6.75. The second-order valence-electron chi connectivity index (χ2n) is 6.75. The first-order valence-corrected chi connectivity index (χ1v) is 9.16. The summed E-state index contributed by atoms with van der Waals surface area (Å²) in [4.78, 5) is 15.8. The third-order valence-electron chi connectivity index (χ3n) is 5.04. The lowest BCUT2D eigenvalue weighted by atomic mass is 9.92. The van der Waals surface area contributed by atoms with E-state index in [0.717, 1.165) is 35.9 Å². The van der Waals surface area contributed by atoms with Gasteiger partial charge in [0, 0.05) is 37.0 Å². The van der Waals surface area contributed by atoms with Crippen molar-refractivity contribution in [3.63, 3.8) is 0 Å². The third-order valence-corrected chi connectivity index (χ3v) is 5.04. The van der Waals surface area contributed by atoms with Crippen LogP contribution in [0.2, 0.25) is 0 Å². The van der Waals surface area contributed by atoms with E-state index in [0.29, 0.717) is 11.3 Å². The molecule has 4 rings (SSSR count). The van der Waals surface area contributed by atoms with Gasteiger partial charge in [0.2, 0.25) is 0 Å². The van der Waals surface area contributed by atoms with Crippen LogP contribution >= 0.6 is 0 Å². The Morgan fingerprint density at radius 3 is 2.62 bits per heavy atom. The van der Waals surface area contributed by atoms with Gasteiger partial charge in [-0.15, -0.1) is 0 Å². The number of nitriles is 1. The van der Waals surface area contributed by atoms with Gasteiger partial charge in [-0.2, -0.15) is 5.26 Å². The molecule has 0 spiro atoms. The fourth-order valence-corrected chi connectivity index (χ4v) is 3.45. The summed E-state index contributed by atoms with van der Waals surface area (Å²) >= 11 is 0. The standard InChI is InChI=1S/C23H18FN5/c1-3-15-6-8-21(28-20(15)4-2)29-13-18(14-29)23-22(26-9-10-27-23)16-5-7-19(24)17(11-16)12-25/h3-11,18H,1-2,13-14H2. The van der Waals surface area contributed by atoms with Crippen molar-refractivity contribution in [2.24, 2.45) is 0 Å². The summed E-state index contributed by atoms with van der Waals surface area (Å²) < 4.78 is 13.7. The third kappa shape index (κ3) is 3.39. The van der Waals surface area contributed by atoms with E-state index in [-0.39, 0.29) is 11.5 Å². The zero-order valence-electron chi connectivity index (χ0n) is 15.7. The van der Waals surface area contributed by atoms with Crippen LogP contribution in [-0.2, 0) is 0 Å². The average molecular weight is 383 g/mol. The molecule has 0 unspecified atom stereocenters. The molecule has 3 heterocycles. The Morgan fingerprint density at radius 2 is 1.90 bits per heavy atom. The highest BCUT2D eigenvalue weighted by Crippen LogP contribution is 2.35.